The lowest BCUT2D eigenvalue weighted by Gasteiger charge is -2.14. The van der Waals surface area contributed by atoms with Crippen LogP contribution in [0.15, 0.2) is 0 Å². The van der Waals surface area contributed by atoms with E-state index in [2.05, 4.69) is 6.92 Å². The van der Waals surface area contributed by atoms with Crippen LogP contribution in [0.5, 0.6) is 0 Å². The molecular formula is C19H38O4S. The third-order valence-corrected chi connectivity index (χ3v) is 6.22. The van der Waals surface area contributed by atoms with E-state index in [1.54, 1.807) is 0 Å². The van der Waals surface area contributed by atoms with Gasteiger partial charge in [0.1, 0.15) is 0 Å². The van der Waals surface area contributed by atoms with E-state index < -0.39 is 10.1 Å². The monoisotopic (exact) mass is 362 g/mol. The largest absolute Gasteiger partial charge is 0.376 e. The third kappa shape index (κ3) is 11.4. The van der Waals surface area contributed by atoms with Gasteiger partial charge in [0.25, 0.3) is 10.1 Å². The Labute approximate surface area is 149 Å². The second kappa shape index (κ2) is 13.1. The molecule has 0 radical (unpaired) electrons. The van der Waals surface area contributed by atoms with Crippen molar-refractivity contribution in [1.29, 1.82) is 0 Å². The highest BCUT2D eigenvalue weighted by Gasteiger charge is 2.21. The fourth-order valence-electron chi connectivity index (χ4n) is 3.24. The molecule has 0 aromatic carbocycles. The van der Waals surface area contributed by atoms with Crippen molar-refractivity contribution < 1.29 is 17.3 Å². The van der Waals surface area contributed by atoms with E-state index in [0.717, 1.165) is 32.3 Å². The van der Waals surface area contributed by atoms with E-state index in [4.69, 9.17) is 8.92 Å². The normalized spacial score (nSPS) is 19.7. The van der Waals surface area contributed by atoms with Gasteiger partial charge in [-0.15, -0.1) is 0 Å². The van der Waals surface area contributed by atoms with Gasteiger partial charge in [0.15, 0.2) is 0 Å². The molecule has 1 heterocycles. The van der Waals surface area contributed by atoms with Crippen LogP contribution in [0.2, 0.25) is 0 Å². The van der Waals surface area contributed by atoms with E-state index >= 15 is 0 Å². The van der Waals surface area contributed by atoms with Gasteiger partial charge in [0.2, 0.25) is 0 Å². The highest BCUT2D eigenvalue weighted by Crippen LogP contribution is 2.17. The third-order valence-electron chi connectivity index (χ3n) is 4.75. The summed E-state index contributed by atoms with van der Waals surface area (Å²) in [6.45, 7) is 5.17. The molecule has 2 atom stereocenters. The van der Waals surface area contributed by atoms with Crippen LogP contribution in [0, 0.1) is 5.92 Å². The van der Waals surface area contributed by atoms with E-state index in [9.17, 15) is 8.42 Å². The molecule has 144 valence electrons. The van der Waals surface area contributed by atoms with Crippen molar-refractivity contribution in [3.63, 3.8) is 0 Å². The fraction of sp³-hybridized carbons (Fsp3) is 1.00. The zero-order valence-electron chi connectivity index (χ0n) is 15.8. The Bertz CT molecular complexity index is 388. The summed E-state index contributed by atoms with van der Waals surface area (Å²) in [5, 5.41) is 0. The van der Waals surface area contributed by atoms with E-state index in [1.807, 2.05) is 6.92 Å². The first-order valence-corrected chi connectivity index (χ1v) is 11.6. The topological polar surface area (TPSA) is 52.6 Å². The van der Waals surface area contributed by atoms with Gasteiger partial charge < -0.3 is 4.74 Å². The van der Waals surface area contributed by atoms with Gasteiger partial charge >= 0.3 is 0 Å². The second-order valence-corrected chi connectivity index (χ2v) is 9.05. The molecule has 0 N–H and O–H groups in total. The highest BCUT2D eigenvalue weighted by molar-refractivity contribution is 7.86. The predicted molar refractivity (Wildman–Crippen MR) is 99.7 cm³/mol. The van der Waals surface area contributed by atoms with Gasteiger partial charge in [0, 0.05) is 6.61 Å². The first kappa shape index (κ1) is 21.9. The Hall–Kier alpha value is -0.130. The van der Waals surface area contributed by atoms with Crippen molar-refractivity contribution >= 4 is 10.1 Å². The number of unbranched alkanes of at least 4 members (excludes halogenated alkanes) is 8. The van der Waals surface area contributed by atoms with Crippen LogP contribution in [-0.2, 0) is 19.0 Å². The first-order chi connectivity index (χ1) is 11.5. The summed E-state index contributed by atoms with van der Waals surface area (Å²) in [5.74, 6) is 0.306. The molecule has 0 aromatic heterocycles. The van der Waals surface area contributed by atoms with Gasteiger partial charge in [-0.3, -0.25) is 4.18 Å². The molecule has 0 amide bonds. The molecule has 24 heavy (non-hydrogen) atoms. The Morgan fingerprint density at radius 3 is 2.25 bits per heavy atom. The maximum Gasteiger partial charge on any atom is 0.267 e. The van der Waals surface area contributed by atoms with Gasteiger partial charge in [-0.1, -0.05) is 71.6 Å². The average Bonchev–Trinajstić information content (AvgIpc) is 3.04. The fourth-order valence-corrected chi connectivity index (χ4v) is 4.56. The van der Waals surface area contributed by atoms with Crippen LogP contribution in [0.1, 0.15) is 90.9 Å². The van der Waals surface area contributed by atoms with Crippen LogP contribution in [-0.4, -0.2) is 33.5 Å². The molecule has 2 unspecified atom stereocenters. The molecule has 1 fully saturated rings. The summed E-state index contributed by atoms with van der Waals surface area (Å²) in [6.07, 6.45) is 14.5. The maximum absolute atomic E-state index is 12.0. The standard InChI is InChI=1S/C19H38O4S/c1-3-4-5-6-7-8-9-10-11-13-18(2)17-24(20,21)23-16-19-14-12-15-22-19/h18-19H,3-17H2,1-2H3. The first-order valence-electron chi connectivity index (χ1n) is 10.0. The molecular weight excluding hydrogens is 324 g/mol. The van der Waals surface area contributed by atoms with Crippen molar-refractivity contribution in [1.82, 2.24) is 0 Å². The quantitative estimate of drug-likeness (QED) is 0.301. The van der Waals surface area contributed by atoms with Crippen molar-refractivity contribution in [2.75, 3.05) is 19.0 Å². The van der Waals surface area contributed by atoms with E-state index in [1.165, 1.54) is 51.4 Å². The zero-order chi connectivity index (χ0) is 17.7. The van der Waals surface area contributed by atoms with Crippen LogP contribution >= 0.6 is 0 Å². The second-order valence-electron chi connectivity index (χ2n) is 7.37. The highest BCUT2D eigenvalue weighted by atomic mass is 32.2. The molecule has 0 aromatic rings. The number of hydrogen-bond acceptors (Lipinski definition) is 4. The molecule has 4 nitrogen and oxygen atoms in total. The lowest BCUT2D eigenvalue weighted by Crippen LogP contribution is -2.22. The predicted octanol–water partition coefficient (Wildman–Crippen LogP) is 5.07. The Morgan fingerprint density at radius 2 is 1.67 bits per heavy atom. The van der Waals surface area contributed by atoms with Gasteiger partial charge in [-0.25, -0.2) is 0 Å². The summed E-state index contributed by atoms with van der Waals surface area (Å²) in [7, 11) is -3.41. The Morgan fingerprint density at radius 1 is 1.04 bits per heavy atom. The molecule has 1 saturated heterocycles. The molecule has 1 aliphatic rings. The van der Waals surface area contributed by atoms with Gasteiger partial charge in [-0.2, -0.15) is 8.42 Å². The zero-order valence-corrected chi connectivity index (χ0v) is 16.6. The van der Waals surface area contributed by atoms with Gasteiger partial charge in [0.05, 0.1) is 18.5 Å². The molecule has 0 aliphatic carbocycles. The number of hydrogen-bond donors (Lipinski definition) is 0. The lowest BCUT2D eigenvalue weighted by molar-refractivity contribution is 0.0699. The molecule has 1 rings (SSSR count). The summed E-state index contributed by atoms with van der Waals surface area (Å²) in [6, 6.07) is 0. The number of rotatable bonds is 15. The minimum atomic E-state index is -3.41. The molecule has 0 spiro atoms. The Kier molecular flexibility index (Phi) is 12.0. The smallest absolute Gasteiger partial charge is 0.267 e. The maximum atomic E-state index is 12.0. The summed E-state index contributed by atoms with van der Waals surface area (Å²) in [4.78, 5) is 0. The molecule has 0 bridgehead atoms. The molecule has 1 aliphatic heterocycles. The lowest BCUT2D eigenvalue weighted by atomic mass is 10.0. The minimum Gasteiger partial charge on any atom is -0.376 e. The summed E-state index contributed by atoms with van der Waals surface area (Å²) in [5.41, 5.74) is 0. The van der Waals surface area contributed by atoms with Crippen molar-refractivity contribution in [3.8, 4) is 0 Å². The average molecular weight is 363 g/mol. The van der Waals surface area contributed by atoms with E-state index in [-0.39, 0.29) is 24.4 Å². The van der Waals surface area contributed by atoms with Crippen LogP contribution < -0.4 is 0 Å². The Balaban J connectivity index is 1.98. The van der Waals surface area contributed by atoms with Crippen LogP contribution in [0.4, 0.5) is 0 Å². The molecule has 0 saturated carbocycles. The van der Waals surface area contributed by atoms with Crippen LogP contribution in [0.25, 0.3) is 0 Å². The van der Waals surface area contributed by atoms with Crippen LogP contribution in [0.3, 0.4) is 0 Å². The number of ether oxygens (including phenoxy) is 1. The van der Waals surface area contributed by atoms with Crippen molar-refractivity contribution in [2.24, 2.45) is 5.92 Å². The summed E-state index contributed by atoms with van der Waals surface area (Å²) >= 11 is 0. The minimum absolute atomic E-state index is 0.0348. The summed E-state index contributed by atoms with van der Waals surface area (Å²) < 4.78 is 34.5. The van der Waals surface area contributed by atoms with Gasteiger partial charge in [-0.05, 0) is 25.2 Å². The van der Waals surface area contributed by atoms with Crippen molar-refractivity contribution in [2.45, 2.75) is 97.0 Å². The SMILES string of the molecule is CCCCCCCCCCCC(C)CS(=O)(=O)OCC1CCCO1. The van der Waals surface area contributed by atoms with E-state index in [0.29, 0.717) is 0 Å². The molecule has 5 heteroatoms. The van der Waals surface area contributed by atoms with Crippen molar-refractivity contribution in [3.05, 3.63) is 0 Å².